The second-order valence-electron chi connectivity index (χ2n) is 4.21. The quantitative estimate of drug-likeness (QED) is 0.767. The fourth-order valence-corrected chi connectivity index (χ4v) is 2.64. The number of thiol groups is 1. The number of hydrogen-bond acceptors (Lipinski definition) is 3. The van der Waals surface area contributed by atoms with Crippen molar-refractivity contribution in [3.63, 3.8) is 0 Å². The molecule has 2 N–H and O–H groups in total. The maximum absolute atomic E-state index is 5.63. The molecular weight excluding hydrogens is 298 g/mol. The molecule has 1 saturated carbocycles. The van der Waals surface area contributed by atoms with Crippen molar-refractivity contribution in [1.82, 2.24) is 0 Å². The minimum absolute atomic E-state index is 0.536. The molecule has 2 nitrogen and oxygen atoms in total. The van der Waals surface area contributed by atoms with E-state index < -0.39 is 0 Å². The van der Waals surface area contributed by atoms with Gasteiger partial charge in [0.2, 0.25) is 0 Å². The lowest BCUT2D eigenvalue weighted by molar-refractivity contribution is 0.405. The summed E-state index contributed by atoms with van der Waals surface area (Å²) in [5.41, 5.74) is 5.63. The molecule has 17 heavy (non-hydrogen) atoms. The van der Waals surface area contributed by atoms with Crippen molar-refractivity contribution in [3.05, 3.63) is 22.7 Å². The third-order valence-corrected chi connectivity index (χ3v) is 3.63. The topological polar surface area (TPSA) is 35.2 Å². The number of rotatable bonds is 1. The van der Waals surface area contributed by atoms with Crippen molar-refractivity contribution < 1.29 is 4.74 Å². The first kappa shape index (κ1) is 14.9. The summed E-state index contributed by atoms with van der Waals surface area (Å²) < 4.78 is 6.02. The predicted molar refractivity (Wildman–Crippen MR) is 79.0 cm³/mol. The molecule has 0 amide bonds. The van der Waals surface area contributed by atoms with E-state index in [4.69, 9.17) is 10.5 Å². The molecule has 1 fully saturated rings. The standard InChI is InChI=1S/C7H7BrOS.C6H13N/c1-9-6-3-2-5(8)4-7(6)10;7-6-4-2-1-3-5-6/h2-4,10H,1H3;6H,1-5,7H2. The zero-order valence-electron chi connectivity index (χ0n) is 10.2. The molecule has 2 rings (SSSR count). The van der Waals surface area contributed by atoms with Crippen LogP contribution in [-0.2, 0) is 0 Å². The predicted octanol–water partition coefficient (Wildman–Crippen LogP) is 4.02. The third-order valence-electron chi connectivity index (χ3n) is 2.79. The van der Waals surface area contributed by atoms with Gasteiger partial charge in [-0.25, -0.2) is 0 Å². The number of halogens is 1. The molecule has 0 saturated heterocycles. The van der Waals surface area contributed by atoms with Crippen LogP contribution in [0.3, 0.4) is 0 Å². The Hall–Kier alpha value is -0.190. The van der Waals surface area contributed by atoms with Crippen LogP contribution in [0.15, 0.2) is 27.6 Å². The zero-order chi connectivity index (χ0) is 12.7. The molecule has 0 spiro atoms. The van der Waals surface area contributed by atoms with Crippen molar-refractivity contribution in [2.24, 2.45) is 5.73 Å². The van der Waals surface area contributed by atoms with Crippen LogP contribution in [0.5, 0.6) is 5.75 Å². The number of hydrogen-bond donors (Lipinski definition) is 2. The molecular formula is C13H20BrNOS. The van der Waals surface area contributed by atoms with Gasteiger partial charge in [0.15, 0.2) is 0 Å². The molecule has 0 unspecified atom stereocenters. The minimum Gasteiger partial charge on any atom is -0.496 e. The Labute approximate surface area is 117 Å². The summed E-state index contributed by atoms with van der Waals surface area (Å²) in [6.45, 7) is 0. The van der Waals surface area contributed by atoms with Gasteiger partial charge >= 0.3 is 0 Å². The highest BCUT2D eigenvalue weighted by Gasteiger charge is 2.06. The first-order valence-electron chi connectivity index (χ1n) is 5.91. The normalized spacial score (nSPS) is 16.0. The molecule has 4 heteroatoms. The number of benzene rings is 1. The van der Waals surface area contributed by atoms with E-state index in [1.807, 2.05) is 18.2 Å². The Bertz CT molecular complexity index is 340. The maximum Gasteiger partial charge on any atom is 0.132 e. The van der Waals surface area contributed by atoms with E-state index in [9.17, 15) is 0 Å². The Morgan fingerprint density at radius 2 is 1.94 bits per heavy atom. The van der Waals surface area contributed by atoms with Crippen molar-refractivity contribution >= 4 is 28.6 Å². The molecule has 0 aromatic heterocycles. The molecule has 1 aliphatic carbocycles. The van der Waals surface area contributed by atoms with Gasteiger partial charge < -0.3 is 10.5 Å². The largest absolute Gasteiger partial charge is 0.496 e. The molecule has 0 bridgehead atoms. The molecule has 0 heterocycles. The van der Waals surface area contributed by atoms with Crippen LogP contribution in [-0.4, -0.2) is 13.2 Å². The van der Waals surface area contributed by atoms with Gasteiger partial charge in [0, 0.05) is 15.4 Å². The van der Waals surface area contributed by atoms with Gasteiger partial charge in [-0.1, -0.05) is 35.2 Å². The van der Waals surface area contributed by atoms with Gasteiger partial charge in [0.1, 0.15) is 5.75 Å². The summed E-state index contributed by atoms with van der Waals surface area (Å²) >= 11 is 7.51. The number of methoxy groups -OCH3 is 1. The monoisotopic (exact) mass is 317 g/mol. The average molecular weight is 318 g/mol. The number of ether oxygens (including phenoxy) is 1. The van der Waals surface area contributed by atoms with E-state index in [1.54, 1.807) is 7.11 Å². The summed E-state index contributed by atoms with van der Waals surface area (Å²) in [5, 5.41) is 0. The fourth-order valence-electron chi connectivity index (χ4n) is 1.80. The highest BCUT2D eigenvalue weighted by molar-refractivity contribution is 9.10. The second-order valence-corrected chi connectivity index (χ2v) is 5.61. The van der Waals surface area contributed by atoms with Crippen LogP contribution in [0.25, 0.3) is 0 Å². The highest BCUT2D eigenvalue weighted by Crippen LogP contribution is 2.25. The summed E-state index contributed by atoms with van der Waals surface area (Å²) in [7, 11) is 1.63. The second kappa shape index (κ2) is 8.01. The van der Waals surface area contributed by atoms with E-state index in [2.05, 4.69) is 28.6 Å². The van der Waals surface area contributed by atoms with Crippen LogP contribution in [0.2, 0.25) is 0 Å². The summed E-state index contributed by atoms with van der Waals surface area (Å²) in [6, 6.07) is 6.21. The van der Waals surface area contributed by atoms with E-state index in [0.717, 1.165) is 15.1 Å². The molecule has 96 valence electrons. The van der Waals surface area contributed by atoms with E-state index in [0.29, 0.717) is 6.04 Å². The van der Waals surface area contributed by atoms with E-state index in [-0.39, 0.29) is 0 Å². The Morgan fingerprint density at radius 1 is 1.29 bits per heavy atom. The molecule has 1 aromatic carbocycles. The zero-order valence-corrected chi connectivity index (χ0v) is 12.6. The molecule has 0 radical (unpaired) electrons. The lowest BCUT2D eigenvalue weighted by Crippen LogP contribution is -2.22. The van der Waals surface area contributed by atoms with Crippen LogP contribution in [0.1, 0.15) is 32.1 Å². The summed E-state index contributed by atoms with van der Waals surface area (Å²) in [4.78, 5) is 0.844. The molecule has 0 atom stereocenters. The van der Waals surface area contributed by atoms with E-state index >= 15 is 0 Å². The third kappa shape index (κ3) is 5.80. The van der Waals surface area contributed by atoms with Gasteiger partial charge in [-0.2, -0.15) is 0 Å². The molecule has 0 aliphatic heterocycles. The summed E-state index contributed by atoms with van der Waals surface area (Å²) in [5.74, 6) is 0.798. The first-order valence-corrected chi connectivity index (χ1v) is 7.15. The van der Waals surface area contributed by atoms with Gasteiger partial charge in [-0.05, 0) is 31.0 Å². The van der Waals surface area contributed by atoms with Gasteiger partial charge in [0.05, 0.1) is 7.11 Å². The molecule has 1 aliphatic rings. The lowest BCUT2D eigenvalue weighted by Gasteiger charge is -2.15. The van der Waals surface area contributed by atoms with Gasteiger partial charge in [-0.15, -0.1) is 12.6 Å². The highest BCUT2D eigenvalue weighted by atomic mass is 79.9. The van der Waals surface area contributed by atoms with Crippen LogP contribution in [0.4, 0.5) is 0 Å². The average Bonchev–Trinajstić information content (AvgIpc) is 2.31. The maximum atomic E-state index is 5.63. The SMILES string of the molecule is COc1ccc(Br)cc1S.NC1CCCCC1. The van der Waals surface area contributed by atoms with Crippen molar-refractivity contribution in [1.29, 1.82) is 0 Å². The van der Waals surface area contributed by atoms with Gasteiger partial charge in [-0.3, -0.25) is 0 Å². The summed E-state index contributed by atoms with van der Waals surface area (Å²) in [6.07, 6.45) is 6.66. The Kier molecular flexibility index (Phi) is 7.00. The van der Waals surface area contributed by atoms with Crippen LogP contribution >= 0.6 is 28.6 Å². The van der Waals surface area contributed by atoms with Crippen molar-refractivity contribution in [2.45, 2.75) is 43.0 Å². The van der Waals surface area contributed by atoms with Crippen LogP contribution < -0.4 is 10.5 Å². The van der Waals surface area contributed by atoms with Gasteiger partial charge in [0.25, 0.3) is 0 Å². The first-order chi connectivity index (χ1) is 8.13. The molecule has 1 aromatic rings. The smallest absolute Gasteiger partial charge is 0.132 e. The lowest BCUT2D eigenvalue weighted by atomic mass is 9.97. The Balaban J connectivity index is 0.000000181. The fraction of sp³-hybridized carbons (Fsp3) is 0.538. The minimum atomic E-state index is 0.536. The number of nitrogens with two attached hydrogens (primary N) is 1. The van der Waals surface area contributed by atoms with Crippen molar-refractivity contribution in [3.8, 4) is 5.75 Å². The van der Waals surface area contributed by atoms with Crippen molar-refractivity contribution in [2.75, 3.05) is 7.11 Å². The van der Waals surface area contributed by atoms with Crippen LogP contribution in [0, 0.1) is 0 Å². The van der Waals surface area contributed by atoms with E-state index in [1.165, 1.54) is 32.1 Å². The Morgan fingerprint density at radius 3 is 2.35 bits per heavy atom.